The van der Waals surface area contributed by atoms with E-state index in [1.165, 1.54) is 25.7 Å². The van der Waals surface area contributed by atoms with Gasteiger partial charge in [0.15, 0.2) is 0 Å². The van der Waals surface area contributed by atoms with Crippen molar-refractivity contribution in [2.45, 2.75) is 66.0 Å². The smallest absolute Gasteiger partial charge is 0.0844 e. The van der Waals surface area contributed by atoms with Crippen LogP contribution < -0.4 is 5.32 Å². The van der Waals surface area contributed by atoms with Crippen LogP contribution >= 0.6 is 11.6 Å². The summed E-state index contributed by atoms with van der Waals surface area (Å²) < 4.78 is 2.03. The minimum absolute atomic E-state index is 0.599. The normalized spacial score (nSPS) is 11.4. The maximum Gasteiger partial charge on any atom is 0.0844 e. The molecule has 4 heteroatoms. The van der Waals surface area contributed by atoms with E-state index in [4.69, 9.17) is 11.6 Å². The first kappa shape index (κ1) is 15.5. The minimum Gasteiger partial charge on any atom is -0.315 e. The van der Waals surface area contributed by atoms with Gasteiger partial charge in [-0.05, 0) is 33.2 Å². The fourth-order valence-corrected chi connectivity index (χ4v) is 2.16. The van der Waals surface area contributed by atoms with E-state index in [1.807, 2.05) is 18.5 Å². The van der Waals surface area contributed by atoms with Gasteiger partial charge in [-0.2, -0.15) is 5.10 Å². The van der Waals surface area contributed by atoms with E-state index in [2.05, 4.69) is 24.3 Å². The van der Waals surface area contributed by atoms with Gasteiger partial charge >= 0.3 is 0 Å². The second-order valence-corrected chi connectivity index (χ2v) is 5.61. The number of aromatic nitrogens is 2. The molecular weight excluding hydrogens is 246 g/mol. The molecule has 1 N–H and O–H groups in total. The molecule has 104 valence electrons. The number of nitrogens with zero attached hydrogens (tertiary/aromatic N) is 2. The van der Waals surface area contributed by atoms with Gasteiger partial charge in [-0.1, -0.05) is 38.3 Å². The first-order valence-corrected chi connectivity index (χ1v) is 7.33. The molecular formula is C14H26ClN3. The van der Waals surface area contributed by atoms with Gasteiger partial charge in [-0.15, -0.1) is 0 Å². The van der Waals surface area contributed by atoms with E-state index >= 15 is 0 Å². The van der Waals surface area contributed by atoms with Gasteiger partial charge in [0.25, 0.3) is 0 Å². The topological polar surface area (TPSA) is 29.9 Å². The maximum absolute atomic E-state index is 6.12. The lowest BCUT2D eigenvalue weighted by Crippen LogP contribution is -2.23. The lowest BCUT2D eigenvalue weighted by Gasteiger charge is -2.08. The molecule has 0 atom stereocenters. The van der Waals surface area contributed by atoms with E-state index < -0.39 is 0 Å². The van der Waals surface area contributed by atoms with Crippen molar-refractivity contribution in [2.24, 2.45) is 0 Å². The Morgan fingerprint density at radius 1 is 1.17 bits per heavy atom. The number of rotatable bonds is 8. The largest absolute Gasteiger partial charge is 0.315 e. The number of aryl methyl sites for hydroxylation is 2. The van der Waals surface area contributed by atoms with Crippen LogP contribution in [0.15, 0.2) is 0 Å². The van der Waals surface area contributed by atoms with Gasteiger partial charge < -0.3 is 5.32 Å². The highest BCUT2D eigenvalue weighted by atomic mass is 35.5. The summed E-state index contributed by atoms with van der Waals surface area (Å²) >= 11 is 6.12. The van der Waals surface area contributed by atoms with Crippen LogP contribution in [0.5, 0.6) is 0 Å². The van der Waals surface area contributed by atoms with Gasteiger partial charge in [-0.25, -0.2) is 0 Å². The first-order chi connectivity index (χ1) is 8.52. The number of hydrogen-bond acceptors (Lipinski definition) is 2. The SMILES string of the molecule is Cc1nn(CCCCCCNC(C)C)c(C)c1Cl. The van der Waals surface area contributed by atoms with Crippen LogP contribution in [0.3, 0.4) is 0 Å². The quantitative estimate of drug-likeness (QED) is 0.731. The molecule has 18 heavy (non-hydrogen) atoms. The van der Waals surface area contributed by atoms with Gasteiger partial charge in [0.1, 0.15) is 0 Å². The summed E-state index contributed by atoms with van der Waals surface area (Å²) in [7, 11) is 0. The second-order valence-electron chi connectivity index (χ2n) is 5.23. The third-order valence-electron chi connectivity index (χ3n) is 3.14. The molecule has 0 aliphatic rings. The highest BCUT2D eigenvalue weighted by Gasteiger charge is 2.07. The van der Waals surface area contributed by atoms with Gasteiger partial charge in [0.2, 0.25) is 0 Å². The molecule has 3 nitrogen and oxygen atoms in total. The predicted molar refractivity (Wildman–Crippen MR) is 78.3 cm³/mol. The molecule has 0 aliphatic carbocycles. The molecule has 0 spiro atoms. The summed E-state index contributed by atoms with van der Waals surface area (Å²) in [5, 5.41) is 8.69. The van der Waals surface area contributed by atoms with E-state index in [0.717, 1.165) is 29.5 Å². The fraction of sp³-hybridized carbons (Fsp3) is 0.786. The van der Waals surface area contributed by atoms with Crippen LogP contribution in [-0.4, -0.2) is 22.4 Å². The number of nitrogens with one attached hydrogen (secondary N) is 1. The number of unbranched alkanes of at least 4 members (excludes halogenated alkanes) is 3. The van der Waals surface area contributed by atoms with Gasteiger partial charge in [0, 0.05) is 12.6 Å². The molecule has 0 amide bonds. The Morgan fingerprint density at radius 3 is 2.39 bits per heavy atom. The lowest BCUT2D eigenvalue weighted by atomic mass is 10.2. The molecule has 0 unspecified atom stereocenters. The minimum atomic E-state index is 0.599. The van der Waals surface area contributed by atoms with Crippen molar-refractivity contribution in [3.8, 4) is 0 Å². The fourth-order valence-electron chi connectivity index (χ4n) is 2.02. The zero-order chi connectivity index (χ0) is 13.5. The molecule has 0 bridgehead atoms. The van der Waals surface area contributed by atoms with E-state index in [1.54, 1.807) is 0 Å². The van der Waals surface area contributed by atoms with Crippen molar-refractivity contribution in [3.63, 3.8) is 0 Å². The lowest BCUT2D eigenvalue weighted by molar-refractivity contribution is 0.504. The van der Waals surface area contributed by atoms with Crippen molar-refractivity contribution in [2.75, 3.05) is 6.54 Å². The molecule has 1 aromatic heterocycles. The molecule has 0 aromatic carbocycles. The Bertz CT molecular complexity index is 358. The summed E-state index contributed by atoms with van der Waals surface area (Å²) in [6, 6.07) is 0.599. The van der Waals surface area contributed by atoms with Crippen molar-refractivity contribution in [1.82, 2.24) is 15.1 Å². The molecule has 1 aromatic rings. The number of halogens is 1. The highest BCUT2D eigenvalue weighted by molar-refractivity contribution is 6.31. The third-order valence-corrected chi connectivity index (χ3v) is 3.69. The van der Waals surface area contributed by atoms with E-state index in [9.17, 15) is 0 Å². The average Bonchev–Trinajstić information content (AvgIpc) is 2.55. The second kappa shape index (κ2) is 7.80. The zero-order valence-corrected chi connectivity index (χ0v) is 12.8. The molecule has 1 rings (SSSR count). The molecule has 0 saturated heterocycles. The summed E-state index contributed by atoms with van der Waals surface area (Å²) in [6.07, 6.45) is 4.98. The third kappa shape index (κ3) is 4.99. The summed E-state index contributed by atoms with van der Waals surface area (Å²) in [5.74, 6) is 0. The van der Waals surface area contributed by atoms with Crippen LogP contribution in [0.2, 0.25) is 5.02 Å². The van der Waals surface area contributed by atoms with Crippen LogP contribution in [0.1, 0.15) is 50.9 Å². The Morgan fingerprint density at radius 2 is 1.83 bits per heavy atom. The standard InChI is InChI=1S/C14H26ClN3/c1-11(2)16-9-7-5-6-8-10-18-13(4)14(15)12(3)17-18/h11,16H,5-10H2,1-4H3. The van der Waals surface area contributed by atoms with E-state index in [0.29, 0.717) is 6.04 Å². The first-order valence-electron chi connectivity index (χ1n) is 6.95. The van der Waals surface area contributed by atoms with Crippen molar-refractivity contribution in [3.05, 3.63) is 16.4 Å². The van der Waals surface area contributed by atoms with E-state index in [-0.39, 0.29) is 0 Å². The summed E-state index contributed by atoms with van der Waals surface area (Å²) in [4.78, 5) is 0. The average molecular weight is 272 g/mol. The summed E-state index contributed by atoms with van der Waals surface area (Å²) in [5.41, 5.74) is 2.03. The predicted octanol–water partition coefficient (Wildman–Crippen LogP) is 3.71. The molecule has 0 saturated carbocycles. The Kier molecular flexibility index (Phi) is 6.72. The molecule has 1 heterocycles. The van der Waals surface area contributed by atoms with Crippen LogP contribution in [0, 0.1) is 13.8 Å². The molecule has 0 fully saturated rings. The highest BCUT2D eigenvalue weighted by Crippen LogP contribution is 2.19. The Hall–Kier alpha value is -0.540. The van der Waals surface area contributed by atoms with Gasteiger partial charge in [0.05, 0.1) is 16.4 Å². The van der Waals surface area contributed by atoms with Gasteiger partial charge in [-0.3, -0.25) is 4.68 Å². The molecule has 0 radical (unpaired) electrons. The van der Waals surface area contributed by atoms with Crippen LogP contribution in [-0.2, 0) is 6.54 Å². The summed E-state index contributed by atoms with van der Waals surface area (Å²) in [6.45, 7) is 10.5. The Labute approximate surface area is 116 Å². The Balaban J connectivity index is 2.13. The van der Waals surface area contributed by atoms with Crippen LogP contribution in [0.25, 0.3) is 0 Å². The van der Waals surface area contributed by atoms with Crippen molar-refractivity contribution < 1.29 is 0 Å². The maximum atomic E-state index is 6.12. The molecule has 0 aliphatic heterocycles. The zero-order valence-electron chi connectivity index (χ0n) is 12.1. The van der Waals surface area contributed by atoms with Crippen LogP contribution in [0.4, 0.5) is 0 Å². The van der Waals surface area contributed by atoms with Crippen molar-refractivity contribution >= 4 is 11.6 Å². The number of hydrogen-bond donors (Lipinski definition) is 1. The monoisotopic (exact) mass is 271 g/mol. The van der Waals surface area contributed by atoms with Crippen molar-refractivity contribution in [1.29, 1.82) is 0 Å².